The number of benzene rings is 2. The molecule has 0 saturated carbocycles. The molecule has 0 aromatic heterocycles. The average Bonchev–Trinajstić information content (AvgIpc) is 2.70. The number of fused-ring (bicyclic) bond motifs is 1. The maximum absolute atomic E-state index is 12.5. The van der Waals surface area contributed by atoms with Crippen molar-refractivity contribution in [2.45, 2.75) is 19.4 Å². The number of likely N-dealkylation sites (tertiary alicyclic amines) is 1. The highest BCUT2D eigenvalue weighted by Crippen LogP contribution is 2.19. The van der Waals surface area contributed by atoms with Crippen LogP contribution in [0.4, 0.5) is 4.79 Å². The molecule has 0 aliphatic carbocycles. The number of nitrogens with zero attached hydrogens (tertiary/aromatic N) is 1. The first kappa shape index (κ1) is 18.7. The number of methoxy groups -OCH3 is 1. The van der Waals surface area contributed by atoms with Gasteiger partial charge in [0, 0.05) is 33.4 Å². The van der Waals surface area contributed by atoms with Gasteiger partial charge in [-0.05, 0) is 35.1 Å². The second-order valence-corrected chi connectivity index (χ2v) is 6.80. The topological polar surface area (TPSA) is 50.8 Å². The molecule has 0 spiro atoms. The van der Waals surface area contributed by atoms with Gasteiger partial charge < -0.3 is 19.7 Å². The molecule has 2 aromatic rings. The Morgan fingerprint density at radius 1 is 1.12 bits per heavy atom. The molecule has 1 N–H and O–H groups in total. The summed E-state index contributed by atoms with van der Waals surface area (Å²) in [6.45, 7) is 4.17. The Labute approximate surface area is 155 Å². The first-order valence-corrected chi connectivity index (χ1v) is 9.34. The highest BCUT2D eigenvalue weighted by molar-refractivity contribution is 5.86. The minimum atomic E-state index is 0.0247. The fourth-order valence-corrected chi connectivity index (χ4v) is 3.42. The molecule has 0 unspecified atom stereocenters. The first-order chi connectivity index (χ1) is 12.8. The Kier molecular flexibility index (Phi) is 6.86. The molecule has 1 fully saturated rings. The van der Waals surface area contributed by atoms with Crippen molar-refractivity contribution < 1.29 is 14.3 Å². The van der Waals surface area contributed by atoms with Gasteiger partial charge in [0.2, 0.25) is 0 Å². The van der Waals surface area contributed by atoms with E-state index in [-0.39, 0.29) is 6.03 Å². The molecular formula is C21H28N2O3. The lowest BCUT2D eigenvalue weighted by Crippen LogP contribution is -2.44. The van der Waals surface area contributed by atoms with Crippen LogP contribution in [-0.4, -0.2) is 51.0 Å². The molecule has 1 aliphatic heterocycles. The van der Waals surface area contributed by atoms with Crippen LogP contribution in [0.25, 0.3) is 10.8 Å². The fourth-order valence-electron chi connectivity index (χ4n) is 3.42. The third-order valence-corrected chi connectivity index (χ3v) is 5.00. The Morgan fingerprint density at radius 2 is 1.88 bits per heavy atom. The molecule has 0 bridgehead atoms. The van der Waals surface area contributed by atoms with Crippen molar-refractivity contribution in [2.24, 2.45) is 5.92 Å². The number of amides is 2. The largest absolute Gasteiger partial charge is 0.382 e. The number of piperidine rings is 1. The van der Waals surface area contributed by atoms with E-state index in [9.17, 15) is 4.79 Å². The number of rotatable bonds is 7. The van der Waals surface area contributed by atoms with Crippen LogP contribution in [0.5, 0.6) is 0 Å². The third-order valence-electron chi connectivity index (χ3n) is 5.00. The molecule has 0 atom stereocenters. The van der Waals surface area contributed by atoms with Crippen molar-refractivity contribution >= 4 is 16.8 Å². The molecule has 1 heterocycles. The van der Waals surface area contributed by atoms with E-state index in [0.717, 1.165) is 38.1 Å². The standard InChI is InChI=1S/C21H28N2O3/c1-25-13-14-26-16-17-9-11-23(12-10-17)21(24)22-15-19-7-4-6-18-5-2-3-8-20(18)19/h2-8,17H,9-16H2,1H3,(H,22,24). The van der Waals surface area contributed by atoms with Gasteiger partial charge in [-0.1, -0.05) is 42.5 Å². The lowest BCUT2D eigenvalue weighted by atomic mass is 9.98. The molecule has 5 heteroatoms. The molecule has 26 heavy (non-hydrogen) atoms. The Balaban J connectivity index is 1.44. The molecule has 0 radical (unpaired) electrons. The quantitative estimate of drug-likeness (QED) is 0.774. The zero-order chi connectivity index (χ0) is 18.2. The highest BCUT2D eigenvalue weighted by Gasteiger charge is 2.22. The molecular weight excluding hydrogens is 328 g/mol. The summed E-state index contributed by atoms with van der Waals surface area (Å²) < 4.78 is 10.6. The van der Waals surface area contributed by atoms with E-state index < -0.39 is 0 Å². The fraction of sp³-hybridized carbons (Fsp3) is 0.476. The molecule has 140 valence electrons. The summed E-state index contributed by atoms with van der Waals surface area (Å²) in [6, 6.07) is 14.5. The lowest BCUT2D eigenvalue weighted by molar-refractivity contribution is 0.0381. The normalized spacial score (nSPS) is 15.3. The summed E-state index contributed by atoms with van der Waals surface area (Å²) in [5.74, 6) is 0.536. The summed E-state index contributed by atoms with van der Waals surface area (Å²) in [7, 11) is 1.68. The van der Waals surface area contributed by atoms with E-state index in [1.54, 1.807) is 7.11 Å². The number of urea groups is 1. The van der Waals surface area contributed by atoms with Gasteiger partial charge in [0.05, 0.1) is 13.2 Å². The van der Waals surface area contributed by atoms with E-state index >= 15 is 0 Å². The van der Waals surface area contributed by atoms with Gasteiger partial charge in [-0.2, -0.15) is 0 Å². The van der Waals surface area contributed by atoms with Gasteiger partial charge in [-0.3, -0.25) is 0 Å². The Bertz CT molecular complexity index is 706. The second kappa shape index (κ2) is 9.55. The summed E-state index contributed by atoms with van der Waals surface area (Å²) in [4.78, 5) is 14.4. The monoisotopic (exact) mass is 356 g/mol. The van der Waals surface area contributed by atoms with Gasteiger partial charge >= 0.3 is 6.03 Å². The molecule has 5 nitrogen and oxygen atoms in total. The molecule has 1 aliphatic rings. The van der Waals surface area contributed by atoms with Gasteiger partial charge in [0.1, 0.15) is 0 Å². The minimum absolute atomic E-state index is 0.0247. The smallest absolute Gasteiger partial charge is 0.317 e. The van der Waals surface area contributed by atoms with Crippen molar-refractivity contribution in [3.05, 3.63) is 48.0 Å². The predicted octanol–water partition coefficient (Wildman–Crippen LogP) is 3.42. The summed E-state index contributed by atoms with van der Waals surface area (Å²) >= 11 is 0. The van der Waals surface area contributed by atoms with Gasteiger partial charge in [0.25, 0.3) is 0 Å². The van der Waals surface area contributed by atoms with Gasteiger partial charge in [-0.25, -0.2) is 4.79 Å². The van der Waals surface area contributed by atoms with Crippen LogP contribution in [-0.2, 0) is 16.0 Å². The zero-order valence-electron chi connectivity index (χ0n) is 15.4. The van der Waals surface area contributed by atoms with Crippen LogP contribution >= 0.6 is 0 Å². The van der Waals surface area contributed by atoms with Crippen molar-refractivity contribution in [1.82, 2.24) is 10.2 Å². The lowest BCUT2D eigenvalue weighted by Gasteiger charge is -2.32. The summed E-state index contributed by atoms with van der Waals surface area (Å²) in [5.41, 5.74) is 1.15. The number of hydrogen-bond donors (Lipinski definition) is 1. The first-order valence-electron chi connectivity index (χ1n) is 9.34. The average molecular weight is 356 g/mol. The zero-order valence-corrected chi connectivity index (χ0v) is 15.4. The van der Waals surface area contributed by atoms with Gasteiger partial charge in [-0.15, -0.1) is 0 Å². The maximum atomic E-state index is 12.5. The molecule has 2 amide bonds. The second-order valence-electron chi connectivity index (χ2n) is 6.80. The van der Waals surface area contributed by atoms with Crippen LogP contribution in [0.15, 0.2) is 42.5 Å². The summed E-state index contributed by atoms with van der Waals surface area (Å²) in [6.07, 6.45) is 1.99. The minimum Gasteiger partial charge on any atom is -0.382 e. The SMILES string of the molecule is COCCOCC1CCN(C(=O)NCc2cccc3ccccc23)CC1. The van der Waals surface area contributed by atoms with E-state index in [1.807, 2.05) is 23.1 Å². The maximum Gasteiger partial charge on any atom is 0.317 e. The van der Waals surface area contributed by atoms with Crippen LogP contribution in [0, 0.1) is 5.92 Å². The van der Waals surface area contributed by atoms with E-state index in [1.165, 1.54) is 10.8 Å². The van der Waals surface area contributed by atoms with Crippen LogP contribution in [0.3, 0.4) is 0 Å². The molecule has 2 aromatic carbocycles. The van der Waals surface area contributed by atoms with E-state index in [0.29, 0.717) is 25.7 Å². The third kappa shape index (κ3) is 4.96. The van der Waals surface area contributed by atoms with Gasteiger partial charge in [0.15, 0.2) is 0 Å². The van der Waals surface area contributed by atoms with Crippen molar-refractivity contribution in [3.8, 4) is 0 Å². The summed E-state index contributed by atoms with van der Waals surface area (Å²) in [5, 5.41) is 5.47. The van der Waals surface area contributed by atoms with Crippen molar-refractivity contribution in [1.29, 1.82) is 0 Å². The van der Waals surface area contributed by atoms with Crippen molar-refractivity contribution in [2.75, 3.05) is 40.0 Å². The predicted molar refractivity (Wildman–Crippen MR) is 103 cm³/mol. The van der Waals surface area contributed by atoms with Crippen molar-refractivity contribution in [3.63, 3.8) is 0 Å². The Morgan fingerprint density at radius 3 is 2.69 bits per heavy atom. The molecule has 1 saturated heterocycles. The Hall–Kier alpha value is -2.11. The van der Waals surface area contributed by atoms with Crippen LogP contribution < -0.4 is 5.32 Å². The molecule has 3 rings (SSSR count). The number of carbonyl (C=O) groups is 1. The number of nitrogens with one attached hydrogen (secondary N) is 1. The number of carbonyl (C=O) groups excluding carboxylic acids is 1. The van der Waals surface area contributed by atoms with E-state index in [4.69, 9.17) is 9.47 Å². The number of hydrogen-bond acceptors (Lipinski definition) is 3. The van der Waals surface area contributed by atoms with E-state index in [2.05, 4.69) is 29.6 Å². The highest BCUT2D eigenvalue weighted by atomic mass is 16.5. The van der Waals surface area contributed by atoms with Crippen LogP contribution in [0.1, 0.15) is 18.4 Å². The van der Waals surface area contributed by atoms with Crippen LogP contribution in [0.2, 0.25) is 0 Å². The number of ether oxygens (including phenoxy) is 2.